The third kappa shape index (κ3) is 1.84. The lowest BCUT2D eigenvalue weighted by atomic mass is 10.2. The fourth-order valence-corrected chi connectivity index (χ4v) is 1.39. The number of aryl methyl sites for hydroxylation is 1. The van der Waals surface area contributed by atoms with Crippen LogP contribution < -0.4 is 0 Å². The van der Waals surface area contributed by atoms with Crippen LogP contribution in [0.25, 0.3) is 5.65 Å². The summed E-state index contributed by atoms with van der Waals surface area (Å²) in [6.45, 7) is 1.93. The topological polar surface area (TPSA) is 43.1 Å². The Bertz CT molecular complexity index is 503. The van der Waals surface area contributed by atoms with Crippen molar-refractivity contribution in [3.05, 3.63) is 23.7 Å². The molecule has 0 aliphatic rings. The van der Waals surface area contributed by atoms with Gasteiger partial charge in [-0.05, 0) is 18.6 Å². The second-order valence-corrected chi connectivity index (χ2v) is 3.37. The third-order valence-electron chi connectivity index (χ3n) is 2.08. The van der Waals surface area contributed by atoms with Crippen molar-refractivity contribution in [2.24, 2.45) is 0 Å². The molecular weight excluding hydrogens is 221 g/mol. The standard InChI is InChI=1S/C9H9F3N4/c1-2-3-6-4-5-7-13-14-8(9(10,11)12)16(7)15-6/h4-5H,2-3H2,1H3. The minimum Gasteiger partial charge on any atom is -0.189 e. The van der Waals surface area contributed by atoms with Crippen molar-refractivity contribution in [2.75, 3.05) is 0 Å². The lowest BCUT2D eigenvalue weighted by Crippen LogP contribution is -2.13. The van der Waals surface area contributed by atoms with Crippen molar-refractivity contribution in [3.63, 3.8) is 0 Å². The quantitative estimate of drug-likeness (QED) is 0.793. The summed E-state index contributed by atoms with van der Waals surface area (Å²) in [5, 5.41) is 10.4. The van der Waals surface area contributed by atoms with E-state index < -0.39 is 12.0 Å². The number of fused-ring (bicyclic) bond motifs is 1. The highest BCUT2D eigenvalue weighted by Crippen LogP contribution is 2.27. The predicted molar refractivity (Wildman–Crippen MR) is 49.8 cm³/mol. The highest BCUT2D eigenvalue weighted by atomic mass is 19.4. The average Bonchev–Trinajstić information content (AvgIpc) is 2.60. The zero-order chi connectivity index (χ0) is 11.8. The molecule has 0 saturated carbocycles. The average molecular weight is 230 g/mol. The summed E-state index contributed by atoms with van der Waals surface area (Å²) >= 11 is 0. The van der Waals surface area contributed by atoms with Crippen molar-refractivity contribution in [1.29, 1.82) is 0 Å². The van der Waals surface area contributed by atoms with Crippen molar-refractivity contribution < 1.29 is 13.2 Å². The number of hydrogen-bond acceptors (Lipinski definition) is 3. The number of halogens is 3. The van der Waals surface area contributed by atoms with Gasteiger partial charge in [0.05, 0.1) is 5.69 Å². The minimum atomic E-state index is -4.53. The van der Waals surface area contributed by atoms with E-state index in [9.17, 15) is 13.2 Å². The molecule has 86 valence electrons. The Balaban J connectivity index is 2.56. The van der Waals surface area contributed by atoms with Gasteiger partial charge < -0.3 is 0 Å². The summed E-state index contributed by atoms with van der Waals surface area (Å²) in [7, 11) is 0. The molecule has 16 heavy (non-hydrogen) atoms. The molecule has 0 aromatic carbocycles. The molecule has 0 aliphatic carbocycles. The number of rotatable bonds is 2. The largest absolute Gasteiger partial charge is 0.453 e. The fraction of sp³-hybridized carbons (Fsp3) is 0.444. The molecule has 4 nitrogen and oxygen atoms in total. The van der Waals surface area contributed by atoms with E-state index in [1.165, 1.54) is 6.07 Å². The molecule has 0 spiro atoms. The molecule has 0 aliphatic heterocycles. The molecule has 2 heterocycles. The van der Waals surface area contributed by atoms with Gasteiger partial charge >= 0.3 is 6.18 Å². The lowest BCUT2D eigenvalue weighted by Gasteiger charge is -2.04. The molecule has 0 atom stereocenters. The molecule has 0 radical (unpaired) electrons. The van der Waals surface area contributed by atoms with E-state index in [4.69, 9.17) is 0 Å². The van der Waals surface area contributed by atoms with Crippen molar-refractivity contribution >= 4 is 5.65 Å². The summed E-state index contributed by atoms with van der Waals surface area (Å²) in [6.07, 6.45) is -3.08. The molecule has 2 aromatic rings. The highest BCUT2D eigenvalue weighted by Gasteiger charge is 2.37. The minimum absolute atomic E-state index is 0.104. The van der Waals surface area contributed by atoms with Crippen LogP contribution in [0.15, 0.2) is 12.1 Å². The molecule has 2 aromatic heterocycles. The van der Waals surface area contributed by atoms with Crippen LogP contribution in [-0.4, -0.2) is 19.8 Å². The summed E-state index contributed by atoms with van der Waals surface area (Å²) in [4.78, 5) is 0. The zero-order valence-electron chi connectivity index (χ0n) is 8.49. The highest BCUT2D eigenvalue weighted by molar-refractivity contribution is 5.36. The lowest BCUT2D eigenvalue weighted by molar-refractivity contribution is -0.146. The first kappa shape index (κ1) is 10.8. The van der Waals surface area contributed by atoms with Crippen molar-refractivity contribution in [3.8, 4) is 0 Å². The molecule has 0 amide bonds. The summed E-state index contributed by atoms with van der Waals surface area (Å²) < 4.78 is 38.3. The molecule has 0 saturated heterocycles. The SMILES string of the molecule is CCCc1ccc2nnc(C(F)(F)F)n2n1. The smallest absolute Gasteiger partial charge is 0.189 e. The number of hydrogen-bond donors (Lipinski definition) is 0. The van der Waals surface area contributed by atoms with Crippen LogP contribution in [0.3, 0.4) is 0 Å². The first-order valence-corrected chi connectivity index (χ1v) is 4.81. The maximum atomic E-state index is 12.5. The van der Waals surface area contributed by atoms with Gasteiger partial charge in [-0.2, -0.15) is 22.8 Å². The van der Waals surface area contributed by atoms with Crippen LogP contribution in [0.5, 0.6) is 0 Å². The van der Waals surface area contributed by atoms with Gasteiger partial charge in [0.25, 0.3) is 5.82 Å². The Morgan fingerprint density at radius 1 is 1.25 bits per heavy atom. The van der Waals surface area contributed by atoms with E-state index >= 15 is 0 Å². The Labute approximate surface area is 89.1 Å². The van der Waals surface area contributed by atoms with Crippen LogP contribution in [0, 0.1) is 0 Å². The summed E-state index contributed by atoms with van der Waals surface area (Å²) in [5.74, 6) is -1.08. The van der Waals surface area contributed by atoms with Crippen molar-refractivity contribution in [1.82, 2.24) is 19.8 Å². The second kappa shape index (κ2) is 3.73. The van der Waals surface area contributed by atoms with Crippen LogP contribution in [-0.2, 0) is 12.6 Å². The van der Waals surface area contributed by atoms with Crippen molar-refractivity contribution in [2.45, 2.75) is 25.9 Å². The van der Waals surface area contributed by atoms with Crippen LogP contribution in [0.1, 0.15) is 24.9 Å². The first-order chi connectivity index (χ1) is 7.52. The maximum Gasteiger partial charge on any atom is 0.453 e. The Morgan fingerprint density at radius 3 is 2.62 bits per heavy atom. The van der Waals surface area contributed by atoms with E-state index in [1.807, 2.05) is 6.92 Å². The normalized spacial score (nSPS) is 12.2. The zero-order valence-corrected chi connectivity index (χ0v) is 8.49. The van der Waals surface area contributed by atoms with Crippen LogP contribution in [0.4, 0.5) is 13.2 Å². The molecule has 0 bridgehead atoms. The summed E-state index contributed by atoms with van der Waals surface area (Å²) in [6, 6.07) is 3.15. The maximum absolute atomic E-state index is 12.5. The Morgan fingerprint density at radius 2 is 2.00 bits per heavy atom. The number of alkyl halides is 3. The predicted octanol–water partition coefficient (Wildman–Crippen LogP) is 2.10. The monoisotopic (exact) mass is 230 g/mol. The fourth-order valence-electron chi connectivity index (χ4n) is 1.39. The van der Waals surface area contributed by atoms with E-state index in [2.05, 4.69) is 15.3 Å². The Hall–Kier alpha value is -1.66. The molecule has 0 fully saturated rings. The van der Waals surface area contributed by atoms with E-state index in [1.54, 1.807) is 6.07 Å². The van der Waals surface area contributed by atoms with E-state index in [-0.39, 0.29) is 5.65 Å². The van der Waals surface area contributed by atoms with Gasteiger partial charge in [0.1, 0.15) is 0 Å². The van der Waals surface area contributed by atoms with Gasteiger partial charge in [-0.1, -0.05) is 13.3 Å². The molecule has 0 N–H and O–H groups in total. The number of aromatic nitrogens is 4. The van der Waals surface area contributed by atoms with Crippen LogP contribution in [0.2, 0.25) is 0 Å². The molecule has 7 heteroatoms. The molecular formula is C9H9F3N4. The van der Waals surface area contributed by atoms with Gasteiger partial charge in [0, 0.05) is 0 Å². The van der Waals surface area contributed by atoms with Gasteiger partial charge in [-0.25, -0.2) is 0 Å². The van der Waals surface area contributed by atoms with E-state index in [0.29, 0.717) is 12.1 Å². The van der Waals surface area contributed by atoms with E-state index in [0.717, 1.165) is 10.9 Å². The van der Waals surface area contributed by atoms with Gasteiger partial charge in [0.15, 0.2) is 5.65 Å². The number of nitrogens with zero attached hydrogens (tertiary/aromatic N) is 4. The second-order valence-electron chi connectivity index (χ2n) is 3.37. The van der Waals surface area contributed by atoms with Gasteiger partial charge in [0.2, 0.25) is 0 Å². The van der Waals surface area contributed by atoms with Gasteiger partial charge in [-0.3, -0.25) is 0 Å². The molecule has 2 rings (SSSR count). The third-order valence-corrected chi connectivity index (χ3v) is 2.08. The van der Waals surface area contributed by atoms with Crippen LogP contribution >= 0.6 is 0 Å². The van der Waals surface area contributed by atoms with Gasteiger partial charge in [-0.15, -0.1) is 10.2 Å². The Kier molecular flexibility index (Phi) is 2.53. The molecule has 0 unspecified atom stereocenters. The first-order valence-electron chi connectivity index (χ1n) is 4.81. The summed E-state index contributed by atoms with van der Waals surface area (Å²) in [5.41, 5.74) is 0.701.